The number of hydrogen-bond acceptors (Lipinski definition) is 4. The van der Waals surface area contributed by atoms with Gasteiger partial charge in [0.1, 0.15) is 6.54 Å². The van der Waals surface area contributed by atoms with Crippen molar-refractivity contribution in [3.63, 3.8) is 0 Å². The highest BCUT2D eigenvalue weighted by atomic mass is 79.9. The first-order valence-corrected chi connectivity index (χ1v) is 8.06. The molecule has 0 saturated carbocycles. The summed E-state index contributed by atoms with van der Waals surface area (Å²) in [5.41, 5.74) is 0. The molecule has 6 nitrogen and oxygen atoms in total. The second kappa shape index (κ2) is 7.37. The first-order valence-electron chi connectivity index (χ1n) is 5.45. The molecule has 0 spiro atoms. The van der Waals surface area contributed by atoms with Crippen LogP contribution in [0.5, 0.6) is 0 Å². The molecule has 0 heterocycles. The van der Waals surface area contributed by atoms with Crippen molar-refractivity contribution in [1.29, 1.82) is 0 Å². The zero-order chi connectivity index (χ0) is 15.3. The van der Waals surface area contributed by atoms with Crippen molar-refractivity contribution in [3.8, 4) is 0 Å². The van der Waals surface area contributed by atoms with Crippen LogP contribution in [0.4, 0.5) is 0 Å². The summed E-state index contributed by atoms with van der Waals surface area (Å²) in [5.74, 6) is -1.24. The van der Waals surface area contributed by atoms with Crippen LogP contribution >= 0.6 is 27.5 Å². The quantitative estimate of drug-likeness (QED) is 0.773. The van der Waals surface area contributed by atoms with E-state index in [0.717, 1.165) is 4.31 Å². The third-order valence-corrected chi connectivity index (χ3v) is 5.44. The van der Waals surface area contributed by atoms with Gasteiger partial charge in [-0.25, -0.2) is 8.42 Å². The van der Waals surface area contributed by atoms with E-state index in [4.69, 9.17) is 21.4 Å². The number of carboxylic acid groups (broad SMARTS) is 1. The fraction of sp³-hybridized carbons (Fsp3) is 0.364. The van der Waals surface area contributed by atoms with Crippen LogP contribution in [0, 0.1) is 0 Å². The van der Waals surface area contributed by atoms with Gasteiger partial charge in [0, 0.05) is 18.1 Å². The number of carboxylic acids is 1. The van der Waals surface area contributed by atoms with E-state index in [9.17, 15) is 13.2 Å². The molecular formula is C11H13BrClNO5S. The van der Waals surface area contributed by atoms with Crippen LogP contribution in [0.15, 0.2) is 27.6 Å². The first kappa shape index (κ1) is 17.4. The Kier molecular flexibility index (Phi) is 6.41. The van der Waals surface area contributed by atoms with E-state index in [-0.39, 0.29) is 18.0 Å². The molecule has 0 aliphatic carbocycles. The van der Waals surface area contributed by atoms with Crippen LogP contribution in [0.3, 0.4) is 0 Å². The third-order valence-electron chi connectivity index (χ3n) is 2.39. The lowest BCUT2D eigenvalue weighted by Crippen LogP contribution is -2.37. The lowest BCUT2D eigenvalue weighted by molar-refractivity contribution is -0.137. The summed E-state index contributed by atoms with van der Waals surface area (Å²) in [6.07, 6.45) is 0. The van der Waals surface area contributed by atoms with Gasteiger partial charge in [0.15, 0.2) is 0 Å². The lowest BCUT2D eigenvalue weighted by Gasteiger charge is -2.20. The molecule has 0 fully saturated rings. The molecular weight excluding hydrogens is 374 g/mol. The number of methoxy groups -OCH3 is 1. The predicted octanol–water partition coefficient (Wildman–Crippen LogP) is 1.82. The Morgan fingerprint density at radius 1 is 1.50 bits per heavy atom. The summed E-state index contributed by atoms with van der Waals surface area (Å²) in [5, 5.41) is 9.18. The summed E-state index contributed by atoms with van der Waals surface area (Å²) < 4.78 is 30.8. The minimum absolute atomic E-state index is 0.0360. The van der Waals surface area contributed by atoms with Gasteiger partial charge in [-0.3, -0.25) is 4.79 Å². The number of nitrogens with zero attached hydrogens (tertiary/aromatic N) is 1. The van der Waals surface area contributed by atoms with Crippen LogP contribution in [0.1, 0.15) is 0 Å². The molecule has 1 aromatic carbocycles. The van der Waals surface area contributed by atoms with Gasteiger partial charge < -0.3 is 9.84 Å². The highest BCUT2D eigenvalue weighted by Crippen LogP contribution is 2.26. The minimum atomic E-state index is -3.92. The molecule has 1 rings (SSSR count). The van der Waals surface area contributed by atoms with E-state index in [1.165, 1.54) is 25.3 Å². The maximum atomic E-state index is 12.4. The van der Waals surface area contributed by atoms with Gasteiger partial charge in [-0.2, -0.15) is 4.31 Å². The minimum Gasteiger partial charge on any atom is -0.480 e. The summed E-state index contributed by atoms with van der Waals surface area (Å²) in [7, 11) is -2.52. The second-order valence-corrected chi connectivity index (χ2v) is 7.00. The van der Waals surface area contributed by atoms with E-state index in [1.54, 1.807) is 0 Å². The topological polar surface area (TPSA) is 83.9 Å². The van der Waals surface area contributed by atoms with E-state index in [1.807, 2.05) is 0 Å². The molecule has 0 aliphatic heterocycles. The average Bonchev–Trinajstić information content (AvgIpc) is 2.37. The van der Waals surface area contributed by atoms with Gasteiger partial charge in [-0.05, 0) is 34.1 Å². The largest absolute Gasteiger partial charge is 0.480 e. The molecule has 112 valence electrons. The van der Waals surface area contributed by atoms with Crippen LogP contribution in [-0.2, 0) is 19.6 Å². The third kappa shape index (κ3) is 4.42. The molecule has 20 heavy (non-hydrogen) atoms. The maximum absolute atomic E-state index is 12.4. The number of rotatable bonds is 7. The summed E-state index contributed by atoms with van der Waals surface area (Å²) >= 11 is 8.94. The monoisotopic (exact) mass is 385 g/mol. The normalized spacial score (nSPS) is 11.8. The van der Waals surface area contributed by atoms with Crippen LogP contribution in [0.2, 0.25) is 5.02 Å². The molecule has 1 aromatic rings. The second-order valence-electron chi connectivity index (χ2n) is 3.80. The molecule has 0 atom stereocenters. The number of ether oxygens (including phenoxy) is 1. The molecule has 1 N–H and O–H groups in total. The molecule has 0 amide bonds. The fourth-order valence-corrected chi connectivity index (χ4v) is 3.46. The number of carbonyl (C=O) groups is 1. The Labute approximate surface area is 130 Å². The number of aliphatic carboxylic acids is 1. The summed E-state index contributed by atoms with van der Waals surface area (Å²) in [6, 6.07) is 4.08. The number of halogens is 2. The van der Waals surface area contributed by atoms with Crippen molar-refractivity contribution in [3.05, 3.63) is 27.7 Å². The van der Waals surface area contributed by atoms with Gasteiger partial charge >= 0.3 is 5.97 Å². The Balaban J connectivity index is 3.13. The van der Waals surface area contributed by atoms with Crippen LogP contribution < -0.4 is 0 Å². The summed E-state index contributed by atoms with van der Waals surface area (Å²) in [6.45, 7) is -0.585. The number of sulfonamides is 1. The zero-order valence-electron chi connectivity index (χ0n) is 10.5. The van der Waals surface area contributed by atoms with E-state index < -0.39 is 22.5 Å². The van der Waals surface area contributed by atoms with Gasteiger partial charge in [0.05, 0.1) is 16.5 Å². The van der Waals surface area contributed by atoms with Crippen molar-refractivity contribution in [2.75, 3.05) is 26.8 Å². The van der Waals surface area contributed by atoms with Gasteiger partial charge in [0.25, 0.3) is 0 Å². The highest BCUT2D eigenvalue weighted by molar-refractivity contribution is 9.10. The number of benzene rings is 1. The van der Waals surface area contributed by atoms with Crippen LogP contribution in [0.25, 0.3) is 0 Å². The molecule has 0 bridgehead atoms. The zero-order valence-corrected chi connectivity index (χ0v) is 13.7. The molecule has 0 aromatic heterocycles. The molecule has 0 unspecified atom stereocenters. The highest BCUT2D eigenvalue weighted by Gasteiger charge is 2.26. The molecule has 9 heteroatoms. The molecule has 0 aliphatic rings. The van der Waals surface area contributed by atoms with Crippen molar-refractivity contribution in [2.45, 2.75) is 4.90 Å². The Bertz CT molecular complexity index is 592. The lowest BCUT2D eigenvalue weighted by atomic mass is 10.4. The smallest absolute Gasteiger partial charge is 0.318 e. The van der Waals surface area contributed by atoms with Crippen LogP contribution in [-0.4, -0.2) is 50.6 Å². The van der Waals surface area contributed by atoms with Crippen molar-refractivity contribution in [2.24, 2.45) is 0 Å². The standard InChI is InChI=1S/C11H13BrClNO5S/c1-19-5-4-14(7-11(15)16)20(17,18)8-2-3-10(13)9(12)6-8/h2-3,6H,4-5,7H2,1H3,(H,15,16). The van der Waals surface area contributed by atoms with Gasteiger partial charge in [-0.1, -0.05) is 11.6 Å². The predicted molar refractivity (Wildman–Crippen MR) is 77.4 cm³/mol. The van der Waals surface area contributed by atoms with E-state index >= 15 is 0 Å². The Morgan fingerprint density at radius 3 is 2.65 bits per heavy atom. The van der Waals surface area contributed by atoms with Crippen molar-refractivity contribution in [1.82, 2.24) is 4.31 Å². The SMILES string of the molecule is COCCN(CC(=O)O)S(=O)(=O)c1ccc(Cl)c(Br)c1. The average molecular weight is 387 g/mol. The Hall–Kier alpha value is -0.670. The van der Waals surface area contributed by atoms with E-state index in [2.05, 4.69) is 15.9 Å². The first-order chi connectivity index (χ1) is 9.28. The maximum Gasteiger partial charge on any atom is 0.318 e. The molecule has 0 saturated heterocycles. The Morgan fingerprint density at radius 2 is 2.15 bits per heavy atom. The molecule has 0 radical (unpaired) electrons. The number of hydrogen-bond donors (Lipinski definition) is 1. The van der Waals surface area contributed by atoms with Crippen molar-refractivity contribution < 1.29 is 23.1 Å². The fourth-order valence-electron chi connectivity index (χ4n) is 1.41. The summed E-state index contributed by atoms with van der Waals surface area (Å²) in [4.78, 5) is 10.8. The van der Waals surface area contributed by atoms with Gasteiger partial charge in [-0.15, -0.1) is 0 Å². The van der Waals surface area contributed by atoms with Crippen molar-refractivity contribution >= 4 is 43.5 Å². The van der Waals surface area contributed by atoms with Gasteiger partial charge in [0.2, 0.25) is 10.0 Å². The van der Waals surface area contributed by atoms with E-state index in [0.29, 0.717) is 9.50 Å².